The Bertz CT molecular complexity index is 510. The van der Waals surface area contributed by atoms with Gasteiger partial charge in [-0.3, -0.25) is 9.59 Å². The van der Waals surface area contributed by atoms with Crippen LogP contribution in [0.15, 0.2) is 28.7 Å². The summed E-state index contributed by atoms with van der Waals surface area (Å²) in [5, 5.41) is 2.98. The van der Waals surface area contributed by atoms with E-state index in [0.29, 0.717) is 13.1 Å². The summed E-state index contributed by atoms with van der Waals surface area (Å²) < 4.78 is 0.977. The number of anilines is 1. The molecule has 1 aromatic carbocycles. The molecular formula is C17H23BrN2O2. The van der Waals surface area contributed by atoms with Crippen LogP contribution in [0.2, 0.25) is 0 Å². The zero-order chi connectivity index (χ0) is 15.9. The topological polar surface area (TPSA) is 49.4 Å². The maximum atomic E-state index is 12.1. The normalized spacial score (nSPS) is 15.4. The molecule has 4 nitrogen and oxygen atoms in total. The molecule has 22 heavy (non-hydrogen) atoms. The van der Waals surface area contributed by atoms with Gasteiger partial charge < -0.3 is 10.2 Å². The molecule has 120 valence electrons. The average molecular weight is 367 g/mol. The van der Waals surface area contributed by atoms with Gasteiger partial charge in [-0.25, -0.2) is 0 Å². The highest BCUT2D eigenvalue weighted by Crippen LogP contribution is 2.23. The van der Waals surface area contributed by atoms with Gasteiger partial charge in [-0.2, -0.15) is 0 Å². The van der Waals surface area contributed by atoms with Crippen molar-refractivity contribution in [3.63, 3.8) is 0 Å². The molecule has 0 aromatic heterocycles. The predicted molar refractivity (Wildman–Crippen MR) is 91.8 cm³/mol. The lowest BCUT2D eigenvalue weighted by atomic mass is 9.89. The Balaban J connectivity index is 1.85. The monoisotopic (exact) mass is 366 g/mol. The van der Waals surface area contributed by atoms with Crippen LogP contribution in [0.4, 0.5) is 5.69 Å². The van der Waals surface area contributed by atoms with E-state index in [9.17, 15) is 9.59 Å². The highest BCUT2D eigenvalue weighted by Gasteiger charge is 2.21. The maximum Gasteiger partial charge on any atom is 0.223 e. The van der Waals surface area contributed by atoms with Gasteiger partial charge in [0, 0.05) is 36.1 Å². The van der Waals surface area contributed by atoms with E-state index >= 15 is 0 Å². The molecule has 2 amide bonds. The quantitative estimate of drug-likeness (QED) is 0.866. The van der Waals surface area contributed by atoms with Crippen molar-refractivity contribution in [1.82, 2.24) is 5.32 Å². The summed E-state index contributed by atoms with van der Waals surface area (Å²) in [5.74, 6) is 0.278. The molecule has 1 aliphatic rings. The second kappa shape index (κ2) is 8.32. The van der Waals surface area contributed by atoms with E-state index in [1.807, 2.05) is 24.3 Å². The Morgan fingerprint density at radius 3 is 2.41 bits per heavy atom. The van der Waals surface area contributed by atoms with Crippen molar-refractivity contribution in [2.45, 2.75) is 39.0 Å². The van der Waals surface area contributed by atoms with Crippen LogP contribution in [0.1, 0.15) is 39.0 Å². The molecule has 0 radical (unpaired) electrons. The third-order valence-electron chi connectivity index (χ3n) is 4.13. The highest BCUT2D eigenvalue weighted by molar-refractivity contribution is 9.10. The first-order valence-corrected chi connectivity index (χ1v) is 8.68. The van der Waals surface area contributed by atoms with E-state index in [4.69, 9.17) is 0 Å². The predicted octanol–water partition coefficient (Wildman–Crippen LogP) is 3.50. The molecule has 0 spiro atoms. The molecule has 0 aliphatic heterocycles. The number of halogens is 1. The van der Waals surface area contributed by atoms with Crippen molar-refractivity contribution in [2.24, 2.45) is 5.92 Å². The molecule has 5 heteroatoms. The zero-order valence-electron chi connectivity index (χ0n) is 13.0. The Morgan fingerprint density at radius 1 is 1.18 bits per heavy atom. The molecule has 1 fully saturated rings. The molecule has 1 aliphatic carbocycles. The smallest absolute Gasteiger partial charge is 0.223 e. The van der Waals surface area contributed by atoms with Crippen LogP contribution in [-0.2, 0) is 9.59 Å². The summed E-state index contributed by atoms with van der Waals surface area (Å²) in [5.41, 5.74) is 0.850. The number of hydrogen-bond acceptors (Lipinski definition) is 2. The second-order valence-electron chi connectivity index (χ2n) is 5.77. The lowest BCUT2D eigenvalue weighted by molar-refractivity contribution is -0.126. The van der Waals surface area contributed by atoms with Gasteiger partial charge in [-0.1, -0.05) is 35.2 Å². The van der Waals surface area contributed by atoms with E-state index in [1.165, 1.54) is 6.42 Å². The largest absolute Gasteiger partial charge is 0.354 e. The molecule has 0 heterocycles. The number of nitrogens with one attached hydrogen (secondary N) is 1. The van der Waals surface area contributed by atoms with Crippen molar-refractivity contribution < 1.29 is 9.59 Å². The highest BCUT2D eigenvalue weighted by atomic mass is 79.9. The first kappa shape index (κ1) is 17.0. The fourth-order valence-corrected chi connectivity index (χ4v) is 3.15. The van der Waals surface area contributed by atoms with Crippen LogP contribution in [0.3, 0.4) is 0 Å². The fourth-order valence-electron chi connectivity index (χ4n) is 2.89. The maximum absolute atomic E-state index is 12.1. The number of carbonyl (C=O) groups excluding carboxylic acids is 2. The third-order valence-corrected chi connectivity index (χ3v) is 4.66. The third kappa shape index (κ3) is 4.83. The molecule has 0 saturated heterocycles. The van der Waals surface area contributed by atoms with E-state index < -0.39 is 0 Å². The fraction of sp³-hybridized carbons (Fsp3) is 0.529. The van der Waals surface area contributed by atoms with Gasteiger partial charge in [-0.05, 0) is 37.1 Å². The number of rotatable bonds is 5. The summed E-state index contributed by atoms with van der Waals surface area (Å²) >= 11 is 3.39. The Hall–Kier alpha value is -1.36. The van der Waals surface area contributed by atoms with Crippen molar-refractivity contribution in [1.29, 1.82) is 0 Å². The number of benzene rings is 1. The van der Waals surface area contributed by atoms with Gasteiger partial charge in [0.05, 0.1) is 0 Å². The van der Waals surface area contributed by atoms with Crippen molar-refractivity contribution in [3.05, 3.63) is 28.7 Å². The number of amides is 2. The Kier molecular flexibility index (Phi) is 6.43. The summed E-state index contributed by atoms with van der Waals surface area (Å²) in [6.45, 7) is 2.53. The molecule has 1 N–H and O–H groups in total. The van der Waals surface area contributed by atoms with E-state index in [-0.39, 0.29) is 17.7 Å². The minimum absolute atomic E-state index is 0.0192. The Labute approximate surface area is 140 Å². The van der Waals surface area contributed by atoms with Crippen molar-refractivity contribution >= 4 is 33.4 Å². The zero-order valence-corrected chi connectivity index (χ0v) is 14.6. The Morgan fingerprint density at radius 2 is 1.82 bits per heavy atom. The summed E-state index contributed by atoms with van der Waals surface area (Å²) in [4.78, 5) is 25.6. The lowest BCUT2D eigenvalue weighted by Gasteiger charge is -2.24. The van der Waals surface area contributed by atoms with Crippen LogP contribution in [0.5, 0.6) is 0 Å². The summed E-state index contributed by atoms with van der Waals surface area (Å²) in [6.07, 6.45) is 5.53. The van der Waals surface area contributed by atoms with E-state index in [0.717, 1.165) is 35.8 Å². The van der Waals surface area contributed by atoms with Crippen LogP contribution in [0, 0.1) is 5.92 Å². The SMILES string of the molecule is CC(=O)N(CCNC(=O)C1CCCCC1)c1ccc(Br)cc1. The average Bonchev–Trinajstić information content (AvgIpc) is 2.53. The molecule has 0 atom stereocenters. The summed E-state index contributed by atoms with van der Waals surface area (Å²) in [7, 11) is 0. The molecule has 2 rings (SSSR count). The van der Waals surface area contributed by atoms with Crippen LogP contribution < -0.4 is 10.2 Å². The van der Waals surface area contributed by atoms with Gasteiger partial charge in [-0.15, -0.1) is 0 Å². The van der Waals surface area contributed by atoms with Crippen LogP contribution >= 0.6 is 15.9 Å². The summed E-state index contributed by atoms with van der Waals surface area (Å²) in [6, 6.07) is 7.61. The van der Waals surface area contributed by atoms with Gasteiger partial charge in [0.2, 0.25) is 11.8 Å². The van der Waals surface area contributed by atoms with Crippen LogP contribution in [0.25, 0.3) is 0 Å². The van der Waals surface area contributed by atoms with Gasteiger partial charge in [0.1, 0.15) is 0 Å². The lowest BCUT2D eigenvalue weighted by Crippen LogP contribution is -2.40. The van der Waals surface area contributed by atoms with E-state index in [1.54, 1.807) is 11.8 Å². The van der Waals surface area contributed by atoms with Crippen molar-refractivity contribution in [3.8, 4) is 0 Å². The van der Waals surface area contributed by atoms with Gasteiger partial charge >= 0.3 is 0 Å². The molecular weight excluding hydrogens is 344 g/mol. The molecule has 0 unspecified atom stereocenters. The first-order chi connectivity index (χ1) is 10.6. The van der Waals surface area contributed by atoms with Crippen LogP contribution in [-0.4, -0.2) is 24.9 Å². The van der Waals surface area contributed by atoms with Crippen molar-refractivity contribution in [2.75, 3.05) is 18.0 Å². The number of nitrogens with zero attached hydrogens (tertiary/aromatic N) is 1. The van der Waals surface area contributed by atoms with Gasteiger partial charge in [0.15, 0.2) is 0 Å². The minimum atomic E-state index is -0.0192. The molecule has 1 saturated carbocycles. The first-order valence-electron chi connectivity index (χ1n) is 7.89. The minimum Gasteiger partial charge on any atom is -0.354 e. The van der Waals surface area contributed by atoms with Gasteiger partial charge in [0.25, 0.3) is 0 Å². The number of hydrogen-bond donors (Lipinski definition) is 1. The molecule has 1 aromatic rings. The second-order valence-corrected chi connectivity index (χ2v) is 6.69. The standard InChI is InChI=1S/C17H23BrN2O2/c1-13(21)20(16-9-7-15(18)8-10-16)12-11-19-17(22)14-5-3-2-4-6-14/h7-10,14H,2-6,11-12H2,1H3,(H,19,22). The number of carbonyl (C=O) groups is 2. The molecule has 0 bridgehead atoms. The van der Waals surface area contributed by atoms with E-state index in [2.05, 4.69) is 21.2 Å².